The summed E-state index contributed by atoms with van der Waals surface area (Å²) >= 11 is 0. The summed E-state index contributed by atoms with van der Waals surface area (Å²) in [6.45, 7) is 1.77. The van der Waals surface area contributed by atoms with Crippen molar-refractivity contribution in [2.24, 2.45) is 11.7 Å². The van der Waals surface area contributed by atoms with Gasteiger partial charge >= 0.3 is 0 Å². The zero-order valence-electron chi connectivity index (χ0n) is 8.07. The van der Waals surface area contributed by atoms with Gasteiger partial charge in [0.1, 0.15) is 5.92 Å². The van der Waals surface area contributed by atoms with Crippen LogP contribution in [0.3, 0.4) is 0 Å². The number of primary amides is 1. The van der Waals surface area contributed by atoms with Gasteiger partial charge in [-0.2, -0.15) is 0 Å². The van der Waals surface area contributed by atoms with Crippen LogP contribution in [0, 0.1) is 5.92 Å². The predicted octanol–water partition coefficient (Wildman–Crippen LogP) is 1.38. The highest BCUT2D eigenvalue weighted by molar-refractivity contribution is 6.09. The van der Waals surface area contributed by atoms with Gasteiger partial charge in [-0.15, -0.1) is 0 Å². The molecule has 0 aliphatic carbocycles. The van der Waals surface area contributed by atoms with Crippen LogP contribution in [0.4, 0.5) is 0 Å². The van der Waals surface area contributed by atoms with Crippen LogP contribution in [0.2, 0.25) is 0 Å². The van der Waals surface area contributed by atoms with Crippen LogP contribution < -0.4 is 5.73 Å². The zero-order valence-corrected chi connectivity index (χ0v) is 8.07. The van der Waals surface area contributed by atoms with Crippen molar-refractivity contribution in [3.63, 3.8) is 0 Å². The first-order valence-corrected chi connectivity index (χ1v) is 4.55. The van der Waals surface area contributed by atoms with Crippen molar-refractivity contribution >= 4 is 11.7 Å². The maximum Gasteiger partial charge on any atom is 0.228 e. The van der Waals surface area contributed by atoms with Gasteiger partial charge in [-0.3, -0.25) is 9.59 Å². The monoisotopic (exact) mass is 191 g/mol. The molecule has 0 aromatic heterocycles. The van der Waals surface area contributed by atoms with E-state index >= 15 is 0 Å². The summed E-state index contributed by atoms with van der Waals surface area (Å²) in [4.78, 5) is 22.7. The molecule has 2 N–H and O–H groups in total. The molecule has 0 heterocycles. The molecule has 14 heavy (non-hydrogen) atoms. The summed E-state index contributed by atoms with van der Waals surface area (Å²) in [6, 6.07) is 8.73. The van der Waals surface area contributed by atoms with Crippen molar-refractivity contribution in [2.45, 2.75) is 13.3 Å². The molecule has 1 aromatic carbocycles. The minimum absolute atomic E-state index is 0.194. The third-order valence-electron chi connectivity index (χ3n) is 2.13. The lowest BCUT2D eigenvalue weighted by molar-refractivity contribution is -0.120. The summed E-state index contributed by atoms with van der Waals surface area (Å²) in [5.74, 6) is -1.45. The molecule has 1 unspecified atom stereocenters. The van der Waals surface area contributed by atoms with Crippen LogP contribution in [0.25, 0.3) is 0 Å². The summed E-state index contributed by atoms with van der Waals surface area (Å²) in [7, 11) is 0. The number of carbonyl (C=O) groups excluding carboxylic acids is 2. The lowest BCUT2D eigenvalue weighted by Crippen LogP contribution is -2.29. The van der Waals surface area contributed by atoms with Gasteiger partial charge in [0.25, 0.3) is 0 Å². The standard InChI is InChI=1S/C11H13NO2/c1-2-9(11(12)14)10(13)8-6-4-3-5-7-8/h3-7,9H,2H2,1H3,(H2,12,14). The smallest absolute Gasteiger partial charge is 0.228 e. The van der Waals surface area contributed by atoms with Gasteiger partial charge < -0.3 is 5.73 Å². The predicted molar refractivity (Wildman–Crippen MR) is 53.7 cm³/mol. The average molecular weight is 191 g/mol. The molecule has 1 atom stereocenters. The lowest BCUT2D eigenvalue weighted by Gasteiger charge is -2.08. The van der Waals surface area contributed by atoms with Crippen LogP contribution in [0.15, 0.2) is 30.3 Å². The van der Waals surface area contributed by atoms with Crippen molar-refractivity contribution in [2.75, 3.05) is 0 Å². The van der Waals surface area contributed by atoms with Crippen LogP contribution in [-0.4, -0.2) is 11.7 Å². The SMILES string of the molecule is CCC(C(N)=O)C(=O)c1ccccc1. The number of hydrogen-bond donors (Lipinski definition) is 1. The Morgan fingerprint density at radius 3 is 2.29 bits per heavy atom. The molecule has 0 saturated heterocycles. The Hall–Kier alpha value is -1.64. The highest BCUT2D eigenvalue weighted by Gasteiger charge is 2.22. The van der Waals surface area contributed by atoms with E-state index in [1.807, 2.05) is 6.07 Å². The minimum Gasteiger partial charge on any atom is -0.369 e. The Morgan fingerprint density at radius 1 is 1.29 bits per heavy atom. The Balaban J connectivity index is 2.89. The van der Waals surface area contributed by atoms with Crippen LogP contribution in [0.5, 0.6) is 0 Å². The van der Waals surface area contributed by atoms with Crippen LogP contribution in [0.1, 0.15) is 23.7 Å². The summed E-state index contributed by atoms with van der Waals surface area (Å²) in [5.41, 5.74) is 5.67. The van der Waals surface area contributed by atoms with Gasteiger partial charge in [0, 0.05) is 5.56 Å². The van der Waals surface area contributed by atoms with Gasteiger partial charge in [-0.1, -0.05) is 37.3 Å². The quantitative estimate of drug-likeness (QED) is 0.577. The first-order valence-electron chi connectivity index (χ1n) is 4.55. The molecule has 0 aliphatic rings. The summed E-state index contributed by atoms with van der Waals surface area (Å²) in [6.07, 6.45) is 0.447. The number of rotatable bonds is 4. The Morgan fingerprint density at radius 2 is 1.86 bits per heavy atom. The second kappa shape index (κ2) is 4.56. The van der Waals surface area contributed by atoms with Crippen molar-refractivity contribution in [1.82, 2.24) is 0 Å². The van der Waals surface area contributed by atoms with Gasteiger partial charge in [-0.25, -0.2) is 0 Å². The highest BCUT2D eigenvalue weighted by Crippen LogP contribution is 2.11. The molecule has 0 saturated carbocycles. The van der Waals surface area contributed by atoms with Crippen molar-refractivity contribution in [1.29, 1.82) is 0 Å². The molecule has 3 nitrogen and oxygen atoms in total. The molecule has 0 fully saturated rings. The molecular weight excluding hydrogens is 178 g/mol. The van der Waals surface area contributed by atoms with E-state index in [0.717, 1.165) is 0 Å². The van der Waals surface area contributed by atoms with E-state index in [9.17, 15) is 9.59 Å². The highest BCUT2D eigenvalue weighted by atomic mass is 16.2. The largest absolute Gasteiger partial charge is 0.369 e. The number of carbonyl (C=O) groups is 2. The van der Waals surface area contributed by atoms with Crippen molar-refractivity contribution in [3.8, 4) is 0 Å². The molecule has 1 rings (SSSR count). The Labute approximate surface area is 82.9 Å². The second-order valence-corrected chi connectivity index (χ2v) is 3.09. The van der Waals surface area contributed by atoms with E-state index in [-0.39, 0.29) is 5.78 Å². The zero-order chi connectivity index (χ0) is 10.6. The number of Topliss-reactive ketones (excluding diaryl/α,β-unsaturated/α-hetero) is 1. The van der Waals surface area contributed by atoms with Crippen molar-refractivity contribution < 1.29 is 9.59 Å². The van der Waals surface area contributed by atoms with Gasteiger partial charge in [0.05, 0.1) is 0 Å². The maximum atomic E-state index is 11.7. The van der Waals surface area contributed by atoms with E-state index in [4.69, 9.17) is 5.73 Å². The first kappa shape index (κ1) is 10.4. The van der Waals surface area contributed by atoms with E-state index in [1.54, 1.807) is 31.2 Å². The number of hydrogen-bond acceptors (Lipinski definition) is 2. The van der Waals surface area contributed by atoms with E-state index in [1.165, 1.54) is 0 Å². The second-order valence-electron chi connectivity index (χ2n) is 3.09. The van der Waals surface area contributed by atoms with Crippen LogP contribution in [-0.2, 0) is 4.79 Å². The normalized spacial score (nSPS) is 12.1. The summed E-state index contributed by atoms with van der Waals surface area (Å²) < 4.78 is 0. The molecule has 0 spiro atoms. The fourth-order valence-electron chi connectivity index (χ4n) is 1.32. The third-order valence-corrected chi connectivity index (χ3v) is 2.13. The Kier molecular flexibility index (Phi) is 3.40. The van der Waals surface area contributed by atoms with E-state index in [0.29, 0.717) is 12.0 Å². The van der Waals surface area contributed by atoms with E-state index in [2.05, 4.69) is 0 Å². The average Bonchev–Trinajstić information content (AvgIpc) is 2.19. The fraction of sp³-hybridized carbons (Fsp3) is 0.273. The van der Waals surface area contributed by atoms with Gasteiger partial charge in [0.2, 0.25) is 5.91 Å². The Bertz CT molecular complexity index is 332. The number of nitrogens with two attached hydrogens (primary N) is 1. The lowest BCUT2D eigenvalue weighted by atomic mass is 9.95. The molecule has 0 radical (unpaired) electrons. The number of ketones is 1. The maximum absolute atomic E-state index is 11.7. The first-order chi connectivity index (χ1) is 6.66. The van der Waals surface area contributed by atoms with E-state index < -0.39 is 11.8 Å². The number of amides is 1. The molecule has 74 valence electrons. The molecule has 3 heteroatoms. The van der Waals surface area contributed by atoms with Crippen LogP contribution >= 0.6 is 0 Å². The van der Waals surface area contributed by atoms with Gasteiger partial charge in [-0.05, 0) is 6.42 Å². The minimum atomic E-state index is -0.697. The van der Waals surface area contributed by atoms with Crippen molar-refractivity contribution in [3.05, 3.63) is 35.9 Å². The topological polar surface area (TPSA) is 60.2 Å². The molecule has 0 bridgehead atoms. The summed E-state index contributed by atoms with van der Waals surface area (Å²) in [5, 5.41) is 0. The van der Waals surface area contributed by atoms with Gasteiger partial charge in [0.15, 0.2) is 5.78 Å². The third kappa shape index (κ3) is 2.19. The number of benzene rings is 1. The molecule has 1 amide bonds. The molecule has 0 aliphatic heterocycles. The molecule has 1 aromatic rings. The molecular formula is C11H13NO2. The fourth-order valence-corrected chi connectivity index (χ4v) is 1.32.